The smallest absolute Gasteiger partial charge is 0.250 e. The van der Waals surface area contributed by atoms with Gasteiger partial charge in [-0.3, -0.25) is 0 Å². The van der Waals surface area contributed by atoms with Crippen LogP contribution in [-0.2, 0) is 16.4 Å². The molecule has 2 aromatic rings. The Morgan fingerprint density at radius 1 is 1.33 bits per heavy atom. The molecule has 21 heavy (non-hydrogen) atoms. The summed E-state index contributed by atoms with van der Waals surface area (Å²) in [4.78, 5) is 6.27. The van der Waals surface area contributed by atoms with Gasteiger partial charge in [-0.1, -0.05) is 0 Å². The average Bonchev–Trinajstić information content (AvgIpc) is 2.96. The van der Waals surface area contributed by atoms with Crippen LogP contribution in [0.3, 0.4) is 0 Å². The predicted octanol–water partition coefficient (Wildman–Crippen LogP) is 2.36. The van der Waals surface area contributed by atoms with Gasteiger partial charge >= 0.3 is 0 Å². The number of thiazole rings is 1. The van der Waals surface area contributed by atoms with Gasteiger partial charge in [0, 0.05) is 9.75 Å². The summed E-state index contributed by atoms with van der Waals surface area (Å²) in [5.41, 5.74) is 6.37. The summed E-state index contributed by atoms with van der Waals surface area (Å²) in [5.74, 6) is 0. The van der Waals surface area contributed by atoms with Crippen molar-refractivity contribution in [2.45, 2.75) is 37.4 Å². The summed E-state index contributed by atoms with van der Waals surface area (Å²) in [6.45, 7) is 6.17. The molecule has 1 unspecified atom stereocenters. The van der Waals surface area contributed by atoms with E-state index in [4.69, 9.17) is 5.73 Å². The molecule has 0 bridgehead atoms. The monoisotopic (exact) mass is 345 g/mol. The lowest BCUT2D eigenvalue weighted by atomic mass is 10.2. The highest BCUT2D eigenvalue weighted by Gasteiger charge is 2.22. The summed E-state index contributed by atoms with van der Waals surface area (Å²) in [6, 6.07) is 3.16. The molecule has 5 nitrogen and oxygen atoms in total. The van der Waals surface area contributed by atoms with E-state index in [0.717, 1.165) is 20.5 Å². The Labute approximate surface area is 133 Å². The molecule has 2 rings (SSSR count). The van der Waals surface area contributed by atoms with Crippen molar-refractivity contribution >= 4 is 32.7 Å². The number of nitrogens with zero attached hydrogens (tertiary/aromatic N) is 1. The first-order chi connectivity index (χ1) is 9.83. The molecular weight excluding hydrogens is 326 g/mol. The summed E-state index contributed by atoms with van der Waals surface area (Å²) >= 11 is 2.79. The van der Waals surface area contributed by atoms with Gasteiger partial charge in [-0.2, -0.15) is 0 Å². The van der Waals surface area contributed by atoms with E-state index in [1.165, 1.54) is 22.7 Å². The summed E-state index contributed by atoms with van der Waals surface area (Å²) < 4.78 is 27.9. The Hall–Kier alpha value is -0.800. The molecule has 0 saturated heterocycles. The van der Waals surface area contributed by atoms with Gasteiger partial charge in [-0.25, -0.2) is 18.1 Å². The van der Waals surface area contributed by atoms with Crippen LogP contribution < -0.4 is 10.5 Å². The van der Waals surface area contributed by atoms with Gasteiger partial charge in [0.1, 0.15) is 4.21 Å². The van der Waals surface area contributed by atoms with E-state index < -0.39 is 10.0 Å². The Morgan fingerprint density at radius 2 is 2.05 bits per heavy atom. The molecule has 0 radical (unpaired) electrons. The second-order valence-corrected chi connectivity index (χ2v) is 9.13. The van der Waals surface area contributed by atoms with Crippen LogP contribution in [0.25, 0.3) is 0 Å². The standard InChI is InChI=1S/C13H19N3O2S3/c1-8-13(19-10(3)15-8)9(2)16-21(17,18)12-5-4-11(20-12)6-7-14/h4-5,9,16H,6-7,14H2,1-3H3. The molecule has 0 aliphatic rings. The molecule has 0 aliphatic carbocycles. The van der Waals surface area contributed by atoms with Crippen molar-refractivity contribution in [3.05, 3.63) is 32.6 Å². The van der Waals surface area contributed by atoms with Crippen LogP contribution in [-0.4, -0.2) is 19.9 Å². The average molecular weight is 346 g/mol. The molecule has 0 aromatic carbocycles. The van der Waals surface area contributed by atoms with Gasteiger partial charge < -0.3 is 5.73 Å². The lowest BCUT2D eigenvalue weighted by Gasteiger charge is -2.12. The number of rotatable bonds is 6. The number of hydrogen-bond donors (Lipinski definition) is 2. The summed E-state index contributed by atoms with van der Waals surface area (Å²) in [6.07, 6.45) is 0.697. The van der Waals surface area contributed by atoms with E-state index in [0.29, 0.717) is 17.2 Å². The first kappa shape index (κ1) is 16.6. The van der Waals surface area contributed by atoms with Gasteiger partial charge in [0.05, 0.1) is 16.7 Å². The minimum atomic E-state index is -3.51. The molecule has 0 spiro atoms. The van der Waals surface area contributed by atoms with Crippen molar-refractivity contribution in [2.24, 2.45) is 5.73 Å². The number of nitrogens with two attached hydrogens (primary N) is 1. The largest absolute Gasteiger partial charge is 0.330 e. The van der Waals surface area contributed by atoms with E-state index in [-0.39, 0.29) is 6.04 Å². The molecule has 3 N–H and O–H groups in total. The lowest BCUT2D eigenvalue weighted by molar-refractivity contribution is 0.570. The molecule has 8 heteroatoms. The van der Waals surface area contributed by atoms with Crippen molar-refractivity contribution in [2.75, 3.05) is 6.54 Å². The Kier molecular flexibility index (Phi) is 5.15. The number of aryl methyl sites for hydroxylation is 2. The Balaban J connectivity index is 2.18. The number of nitrogens with one attached hydrogen (secondary N) is 1. The van der Waals surface area contributed by atoms with E-state index in [2.05, 4.69) is 9.71 Å². The second kappa shape index (κ2) is 6.53. The fraction of sp³-hybridized carbons (Fsp3) is 0.462. The van der Waals surface area contributed by atoms with Gasteiger partial charge in [-0.15, -0.1) is 22.7 Å². The fourth-order valence-electron chi connectivity index (χ4n) is 2.07. The van der Waals surface area contributed by atoms with Crippen molar-refractivity contribution in [3.63, 3.8) is 0 Å². The van der Waals surface area contributed by atoms with E-state index in [9.17, 15) is 8.42 Å². The highest BCUT2D eigenvalue weighted by Crippen LogP contribution is 2.28. The molecule has 1 atom stereocenters. The van der Waals surface area contributed by atoms with Crippen LogP contribution in [0.1, 0.15) is 33.4 Å². The van der Waals surface area contributed by atoms with E-state index in [1.54, 1.807) is 6.07 Å². The van der Waals surface area contributed by atoms with Crippen LogP contribution in [0.15, 0.2) is 16.3 Å². The van der Waals surface area contributed by atoms with Gasteiger partial charge in [0.15, 0.2) is 0 Å². The van der Waals surface area contributed by atoms with Crippen molar-refractivity contribution in [3.8, 4) is 0 Å². The third-order valence-electron chi connectivity index (χ3n) is 2.96. The van der Waals surface area contributed by atoms with Crippen LogP contribution in [0.4, 0.5) is 0 Å². The molecule has 2 aromatic heterocycles. The third-order valence-corrected chi connectivity index (χ3v) is 7.39. The fourth-order valence-corrected chi connectivity index (χ4v) is 5.68. The molecule has 116 valence electrons. The molecule has 2 heterocycles. The normalized spacial score (nSPS) is 13.5. The molecule has 0 aliphatic heterocycles. The van der Waals surface area contributed by atoms with E-state index >= 15 is 0 Å². The highest BCUT2D eigenvalue weighted by molar-refractivity contribution is 7.91. The molecular formula is C13H19N3O2S3. The molecule has 0 saturated carbocycles. The zero-order valence-electron chi connectivity index (χ0n) is 12.2. The first-order valence-corrected chi connectivity index (χ1v) is 9.70. The number of hydrogen-bond acceptors (Lipinski definition) is 6. The van der Waals surface area contributed by atoms with Crippen molar-refractivity contribution in [1.29, 1.82) is 0 Å². The maximum absolute atomic E-state index is 12.4. The number of sulfonamides is 1. The van der Waals surface area contributed by atoms with Crippen LogP contribution >= 0.6 is 22.7 Å². The van der Waals surface area contributed by atoms with Gasteiger partial charge in [-0.05, 0) is 45.9 Å². The maximum atomic E-state index is 12.4. The number of thiophene rings is 1. The lowest BCUT2D eigenvalue weighted by Crippen LogP contribution is -2.26. The van der Waals surface area contributed by atoms with Crippen LogP contribution in [0.5, 0.6) is 0 Å². The molecule has 0 amide bonds. The quantitative estimate of drug-likeness (QED) is 0.841. The zero-order valence-corrected chi connectivity index (χ0v) is 14.7. The van der Waals surface area contributed by atoms with E-state index in [1.807, 2.05) is 26.8 Å². The second-order valence-electron chi connectivity index (χ2n) is 4.78. The van der Waals surface area contributed by atoms with Crippen LogP contribution in [0, 0.1) is 13.8 Å². The van der Waals surface area contributed by atoms with Gasteiger partial charge in [0.25, 0.3) is 10.0 Å². The minimum Gasteiger partial charge on any atom is -0.330 e. The Bertz CT molecular complexity index is 719. The summed E-state index contributed by atoms with van der Waals surface area (Å²) in [5, 5.41) is 0.940. The minimum absolute atomic E-state index is 0.291. The topological polar surface area (TPSA) is 85.1 Å². The maximum Gasteiger partial charge on any atom is 0.250 e. The predicted molar refractivity (Wildman–Crippen MR) is 87.4 cm³/mol. The zero-order chi connectivity index (χ0) is 15.6. The van der Waals surface area contributed by atoms with Crippen molar-refractivity contribution in [1.82, 2.24) is 9.71 Å². The third kappa shape index (κ3) is 3.89. The van der Waals surface area contributed by atoms with Crippen molar-refractivity contribution < 1.29 is 8.42 Å². The molecule has 0 fully saturated rings. The van der Waals surface area contributed by atoms with Gasteiger partial charge in [0.2, 0.25) is 0 Å². The number of aromatic nitrogens is 1. The first-order valence-electron chi connectivity index (χ1n) is 6.58. The Morgan fingerprint density at radius 3 is 2.62 bits per heavy atom. The summed E-state index contributed by atoms with van der Waals surface area (Å²) in [7, 11) is -3.51. The highest BCUT2D eigenvalue weighted by atomic mass is 32.2. The SMILES string of the molecule is Cc1nc(C)c(C(C)NS(=O)(=O)c2ccc(CCN)s2)s1. The van der Waals surface area contributed by atoms with Crippen LogP contribution in [0.2, 0.25) is 0 Å².